The number of alkyl halides is 3. The lowest BCUT2D eigenvalue weighted by Crippen LogP contribution is -2.19. The van der Waals surface area contributed by atoms with Crippen molar-refractivity contribution in [2.45, 2.75) is 38.8 Å². The second kappa shape index (κ2) is 10.3. The van der Waals surface area contributed by atoms with Crippen molar-refractivity contribution < 1.29 is 22.3 Å². The predicted octanol–water partition coefficient (Wildman–Crippen LogP) is 8.99. The van der Waals surface area contributed by atoms with Gasteiger partial charge in [-0.1, -0.05) is 86.5 Å². The van der Waals surface area contributed by atoms with Crippen molar-refractivity contribution in [1.82, 2.24) is 0 Å². The fourth-order valence-corrected chi connectivity index (χ4v) is 4.02. The van der Waals surface area contributed by atoms with Gasteiger partial charge >= 0.3 is 6.18 Å². The number of aryl methyl sites for hydroxylation is 1. The van der Waals surface area contributed by atoms with E-state index in [4.69, 9.17) is 0 Å². The number of ether oxygens (including phenoxy) is 1. The molecule has 4 rings (SSSR count). The largest absolute Gasteiger partial charge is 0.481 e. The number of unbranched alkanes of at least 4 members (excludes halogenated alkanes) is 2. The van der Waals surface area contributed by atoms with Crippen LogP contribution in [-0.2, 0) is 6.42 Å². The lowest BCUT2D eigenvalue weighted by Gasteiger charge is -2.12. The van der Waals surface area contributed by atoms with E-state index in [1.54, 1.807) is 18.2 Å². The highest BCUT2D eigenvalue weighted by Crippen LogP contribution is 2.32. The Hall–Kier alpha value is -3.34. The summed E-state index contributed by atoms with van der Waals surface area (Å²) in [6.07, 6.45) is 0.257. The van der Waals surface area contributed by atoms with Crippen LogP contribution in [0.15, 0.2) is 78.9 Å². The molecule has 0 bridgehead atoms. The zero-order chi connectivity index (χ0) is 24.1. The van der Waals surface area contributed by atoms with Crippen LogP contribution < -0.4 is 4.74 Å². The van der Waals surface area contributed by atoms with Crippen molar-refractivity contribution in [2.75, 3.05) is 6.61 Å². The zero-order valence-electron chi connectivity index (χ0n) is 19.0. The predicted molar refractivity (Wildman–Crippen MR) is 130 cm³/mol. The molecule has 176 valence electrons. The first-order valence-electron chi connectivity index (χ1n) is 11.5. The molecule has 4 aromatic carbocycles. The summed E-state index contributed by atoms with van der Waals surface area (Å²) in [5.74, 6) is -1.19. The molecule has 0 amide bonds. The van der Waals surface area contributed by atoms with Crippen LogP contribution in [-0.4, -0.2) is 12.8 Å². The Bertz CT molecular complexity index is 1240. The van der Waals surface area contributed by atoms with Gasteiger partial charge in [-0.15, -0.1) is 0 Å². The van der Waals surface area contributed by atoms with Gasteiger partial charge in [-0.3, -0.25) is 0 Å². The van der Waals surface area contributed by atoms with Gasteiger partial charge in [0.2, 0.25) is 0 Å². The maximum atomic E-state index is 14.6. The monoisotopic (exact) mass is 466 g/mol. The van der Waals surface area contributed by atoms with Gasteiger partial charge in [-0.2, -0.15) is 13.2 Å². The van der Waals surface area contributed by atoms with Gasteiger partial charge in [-0.05, 0) is 58.2 Å². The summed E-state index contributed by atoms with van der Waals surface area (Å²) in [5, 5.41) is 0.816. The summed E-state index contributed by atoms with van der Waals surface area (Å²) in [6, 6.07) is 24.8. The van der Waals surface area contributed by atoms with E-state index in [0.717, 1.165) is 28.7 Å². The van der Waals surface area contributed by atoms with E-state index < -0.39 is 24.3 Å². The maximum absolute atomic E-state index is 14.6. The van der Waals surface area contributed by atoms with Crippen LogP contribution >= 0.6 is 0 Å². The van der Waals surface area contributed by atoms with Gasteiger partial charge in [0.05, 0.1) is 0 Å². The standard InChI is InChI=1S/C29H26F4O/c1-2-3-4-5-20-6-8-21(9-7-20)22-10-12-23(13-11-22)24-14-16-26-25(18-24)15-17-27(28(26)30)34-19-29(31,32)33/h6-18H,2-5,19H2,1H3. The molecule has 0 saturated carbocycles. The molecule has 0 aliphatic carbocycles. The SMILES string of the molecule is CCCCCc1ccc(-c2ccc(-c3ccc4c(F)c(OCC(F)(F)F)ccc4c3)cc2)cc1. The molecule has 0 saturated heterocycles. The molecule has 0 aromatic heterocycles. The minimum absolute atomic E-state index is 0.221. The Morgan fingerprint density at radius 3 is 1.91 bits per heavy atom. The molecule has 5 heteroatoms. The Morgan fingerprint density at radius 2 is 1.29 bits per heavy atom. The van der Waals surface area contributed by atoms with Gasteiger partial charge in [0.1, 0.15) is 0 Å². The van der Waals surface area contributed by atoms with Crippen molar-refractivity contribution in [3.05, 3.63) is 90.2 Å². The third-order valence-electron chi connectivity index (χ3n) is 5.88. The quantitative estimate of drug-likeness (QED) is 0.186. The Labute approximate surface area is 197 Å². The van der Waals surface area contributed by atoms with Crippen LogP contribution in [0.1, 0.15) is 31.7 Å². The van der Waals surface area contributed by atoms with Crippen molar-refractivity contribution in [1.29, 1.82) is 0 Å². The molecule has 1 nitrogen and oxygen atoms in total. The first-order valence-corrected chi connectivity index (χ1v) is 11.5. The van der Waals surface area contributed by atoms with Crippen molar-refractivity contribution >= 4 is 10.8 Å². The van der Waals surface area contributed by atoms with E-state index in [1.807, 2.05) is 18.2 Å². The van der Waals surface area contributed by atoms with E-state index in [-0.39, 0.29) is 5.39 Å². The van der Waals surface area contributed by atoms with Gasteiger partial charge in [-0.25, -0.2) is 4.39 Å². The fourth-order valence-electron chi connectivity index (χ4n) is 4.02. The molecule has 0 fully saturated rings. The molecule has 0 radical (unpaired) electrons. The molecule has 0 N–H and O–H groups in total. The van der Waals surface area contributed by atoms with Crippen molar-refractivity contribution in [2.24, 2.45) is 0 Å². The molecule has 0 atom stereocenters. The number of benzene rings is 4. The van der Waals surface area contributed by atoms with E-state index >= 15 is 0 Å². The lowest BCUT2D eigenvalue weighted by molar-refractivity contribution is -0.153. The highest BCUT2D eigenvalue weighted by Gasteiger charge is 2.29. The summed E-state index contributed by atoms with van der Waals surface area (Å²) in [6.45, 7) is 0.679. The summed E-state index contributed by atoms with van der Waals surface area (Å²) in [5.41, 5.74) is 5.48. The molecular weight excluding hydrogens is 440 g/mol. The number of halogens is 4. The van der Waals surface area contributed by atoms with Crippen LogP contribution in [0.2, 0.25) is 0 Å². The molecule has 0 unspecified atom stereocenters. The van der Waals surface area contributed by atoms with Gasteiger partial charge in [0, 0.05) is 5.39 Å². The number of hydrogen-bond acceptors (Lipinski definition) is 1. The first kappa shape index (κ1) is 23.8. The second-order valence-corrected chi connectivity index (χ2v) is 8.45. The van der Waals surface area contributed by atoms with E-state index in [0.29, 0.717) is 5.39 Å². The number of hydrogen-bond donors (Lipinski definition) is 0. The second-order valence-electron chi connectivity index (χ2n) is 8.45. The fraction of sp³-hybridized carbons (Fsp3) is 0.241. The normalized spacial score (nSPS) is 11.7. The minimum Gasteiger partial charge on any atom is -0.481 e. The molecule has 4 aromatic rings. The summed E-state index contributed by atoms with van der Waals surface area (Å²) in [7, 11) is 0. The summed E-state index contributed by atoms with van der Waals surface area (Å²) < 4.78 is 56.4. The summed E-state index contributed by atoms with van der Waals surface area (Å²) in [4.78, 5) is 0. The highest BCUT2D eigenvalue weighted by atomic mass is 19.4. The summed E-state index contributed by atoms with van der Waals surface area (Å²) >= 11 is 0. The maximum Gasteiger partial charge on any atom is 0.422 e. The van der Waals surface area contributed by atoms with Crippen LogP contribution in [0.3, 0.4) is 0 Å². The van der Waals surface area contributed by atoms with Crippen molar-refractivity contribution in [3.63, 3.8) is 0 Å². The van der Waals surface area contributed by atoms with Crippen molar-refractivity contribution in [3.8, 4) is 28.0 Å². The molecule has 0 spiro atoms. The molecule has 0 aliphatic heterocycles. The molecular formula is C29H26F4O. The van der Waals surface area contributed by atoms with Crippen LogP contribution in [0.4, 0.5) is 17.6 Å². The first-order chi connectivity index (χ1) is 16.3. The van der Waals surface area contributed by atoms with E-state index in [2.05, 4.69) is 48.1 Å². The number of fused-ring (bicyclic) bond motifs is 1. The van der Waals surface area contributed by atoms with Crippen LogP contribution in [0.25, 0.3) is 33.0 Å². The average molecular weight is 467 g/mol. The zero-order valence-corrected chi connectivity index (χ0v) is 19.0. The third-order valence-corrected chi connectivity index (χ3v) is 5.88. The minimum atomic E-state index is -4.52. The lowest BCUT2D eigenvalue weighted by atomic mass is 9.97. The van der Waals surface area contributed by atoms with Gasteiger partial charge in [0.15, 0.2) is 18.2 Å². The molecule has 34 heavy (non-hydrogen) atoms. The molecule has 0 heterocycles. The average Bonchev–Trinajstić information content (AvgIpc) is 2.84. The third kappa shape index (κ3) is 5.77. The Morgan fingerprint density at radius 1 is 0.706 bits per heavy atom. The number of rotatable bonds is 8. The molecule has 0 aliphatic rings. The highest BCUT2D eigenvalue weighted by molar-refractivity contribution is 5.89. The topological polar surface area (TPSA) is 9.23 Å². The van der Waals surface area contributed by atoms with Gasteiger partial charge in [0.25, 0.3) is 0 Å². The van der Waals surface area contributed by atoms with E-state index in [1.165, 1.54) is 30.9 Å². The van der Waals surface area contributed by atoms with Gasteiger partial charge < -0.3 is 4.74 Å². The Kier molecular flexibility index (Phi) is 7.20. The Balaban J connectivity index is 1.51. The van der Waals surface area contributed by atoms with Crippen LogP contribution in [0.5, 0.6) is 5.75 Å². The van der Waals surface area contributed by atoms with Crippen LogP contribution in [0, 0.1) is 5.82 Å². The van der Waals surface area contributed by atoms with E-state index in [9.17, 15) is 17.6 Å². The smallest absolute Gasteiger partial charge is 0.422 e.